The van der Waals surface area contributed by atoms with Crippen molar-refractivity contribution >= 4 is 39.1 Å². The minimum Gasteiger partial charge on any atom is -0.489 e. The van der Waals surface area contributed by atoms with Gasteiger partial charge in [-0.3, -0.25) is 0 Å². The summed E-state index contributed by atoms with van der Waals surface area (Å²) in [6.45, 7) is 4.31. The number of benzene rings is 2. The third-order valence-corrected chi connectivity index (χ3v) is 6.57. The van der Waals surface area contributed by atoms with Crippen molar-refractivity contribution in [1.29, 1.82) is 0 Å². The second kappa shape index (κ2) is 8.31. The fourth-order valence-electron chi connectivity index (χ4n) is 3.63. The van der Waals surface area contributed by atoms with E-state index >= 15 is 0 Å². The topological polar surface area (TPSA) is 55.5 Å². The van der Waals surface area contributed by atoms with Crippen molar-refractivity contribution in [3.63, 3.8) is 0 Å². The first-order valence-electron chi connectivity index (χ1n) is 9.37. The second-order valence-electron chi connectivity index (χ2n) is 7.44. The normalized spacial score (nSPS) is 18.3. The molecule has 0 saturated carbocycles. The van der Waals surface area contributed by atoms with E-state index in [2.05, 4.69) is 21.1 Å². The van der Waals surface area contributed by atoms with Crippen LogP contribution in [-0.4, -0.2) is 15.1 Å². The van der Waals surface area contributed by atoms with Crippen molar-refractivity contribution in [2.45, 2.75) is 43.7 Å². The molecule has 1 aromatic heterocycles. The summed E-state index contributed by atoms with van der Waals surface area (Å²) in [6, 6.07) is 11.2. The molecule has 0 fully saturated rings. The number of aliphatic hydroxyl groups is 1. The Hall–Kier alpha value is -1.53. The van der Waals surface area contributed by atoms with Gasteiger partial charge in [0.2, 0.25) is 0 Å². The molecule has 0 saturated heterocycles. The van der Waals surface area contributed by atoms with Crippen molar-refractivity contribution in [2.24, 2.45) is 0 Å². The van der Waals surface area contributed by atoms with E-state index in [4.69, 9.17) is 32.5 Å². The van der Waals surface area contributed by atoms with E-state index in [0.29, 0.717) is 27.1 Å². The van der Waals surface area contributed by atoms with Crippen molar-refractivity contribution in [1.82, 2.24) is 5.16 Å². The van der Waals surface area contributed by atoms with E-state index in [1.807, 2.05) is 32.0 Å². The number of ether oxygens (including phenoxy) is 1. The van der Waals surface area contributed by atoms with Crippen molar-refractivity contribution in [3.8, 4) is 17.0 Å². The van der Waals surface area contributed by atoms with Gasteiger partial charge in [0.05, 0.1) is 21.7 Å². The Bertz CT molecular complexity index is 1030. The number of aliphatic hydroxyl groups excluding tert-OH is 1. The maximum absolute atomic E-state index is 10.3. The lowest BCUT2D eigenvalue weighted by Gasteiger charge is -2.12. The van der Waals surface area contributed by atoms with Gasteiger partial charge in [-0.1, -0.05) is 70.3 Å². The van der Waals surface area contributed by atoms with Gasteiger partial charge in [-0.05, 0) is 41.8 Å². The molecule has 0 spiro atoms. The minimum absolute atomic E-state index is 0.0346. The molecule has 4 nitrogen and oxygen atoms in total. The SMILES string of the molecule is CC(C)c1onc(-c2c(Cl)cccc2Cl)c1COc1ccc2c(c1)C(O)[C@@H](Br)C2. The average molecular weight is 497 g/mol. The summed E-state index contributed by atoms with van der Waals surface area (Å²) in [4.78, 5) is 0.0346. The molecule has 1 N–H and O–H groups in total. The average Bonchev–Trinajstić information content (AvgIpc) is 3.21. The standard InChI is InChI=1S/C22H20BrCl2NO3/c1-11(2)22-15(20(26-29-22)19-17(24)4-3-5-18(19)25)10-28-13-7-6-12-8-16(23)21(27)14(12)9-13/h3-7,9,11,16,21,27H,8,10H2,1-2H3/t16-,21?/m0/s1. The Morgan fingerprint density at radius 3 is 2.66 bits per heavy atom. The summed E-state index contributed by atoms with van der Waals surface area (Å²) in [5, 5.41) is 15.6. The van der Waals surface area contributed by atoms with Gasteiger partial charge < -0.3 is 14.4 Å². The van der Waals surface area contributed by atoms with Gasteiger partial charge in [0.25, 0.3) is 0 Å². The van der Waals surface area contributed by atoms with E-state index < -0.39 is 6.10 Å². The highest BCUT2D eigenvalue weighted by molar-refractivity contribution is 9.09. The number of fused-ring (bicyclic) bond motifs is 1. The molecule has 7 heteroatoms. The summed E-state index contributed by atoms with van der Waals surface area (Å²) in [7, 11) is 0. The van der Waals surface area contributed by atoms with Crippen molar-refractivity contribution < 1.29 is 14.4 Å². The lowest BCUT2D eigenvalue weighted by atomic mass is 10.0. The first-order valence-corrected chi connectivity index (χ1v) is 11.0. The van der Waals surface area contributed by atoms with E-state index in [9.17, 15) is 5.11 Å². The fourth-order valence-corrected chi connectivity index (χ4v) is 4.84. The smallest absolute Gasteiger partial charge is 0.146 e. The molecule has 1 unspecified atom stereocenters. The molecule has 0 amide bonds. The van der Waals surface area contributed by atoms with Crippen LogP contribution >= 0.6 is 39.1 Å². The van der Waals surface area contributed by atoms with Crippen LogP contribution in [0.25, 0.3) is 11.3 Å². The van der Waals surface area contributed by atoms with Crippen LogP contribution in [0.2, 0.25) is 10.0 Å². The number of alkyl halides is 1. The van der Waals surface area contributed by atoms with Crippen LogP contribution in [0.15, 0.2) is 40.9 Å². The number of hydrogen-bond acceptors (Lipinski definition) is 4. The number of nitrogens with zero attached hydrogens (tertiary/aromatic N) is 1. The lowest BCUT2D eigenvalue weighted by molar-refractivity contribution is 0.187. The van der Waals surface area contributed by atoms with E-state index in [1.165, 1.54) is 0 Å². The number of hydrogen-bond donors (Lipinski definition) is 1. The van der Waals surface area contributed by atoms with Crippen LogP contribution in [-0.2, 0) is 13.0 Å². The quantitative estimate of drug-likeness (QED) is 0.399. The Morgan fingerprint density at radius 2 is 1.97 bits per heavy atom. The molecule has 2 atom stereocenters. The highest BCUT2D eigenvalue weighted by Crippen LogP contribution is 2.40. The first kappa shape index (κ1) is 20.7. The van der Waals surface area contributed by atoms with Crippen LogP contribution in [0, 0.1) is 0 Å². The minimum atomic E-state index is -0.534. The first-order chi connectivity index (χ1) is 13.9. The zero-order chi connectivity index (χ0) is 20.7. The van der Waals surface area contributed by atoms with Gasteiger partial charge >= 0.3 is 0 Å². The van der Waals surface area contributed by atoms with Crippen LogP contribution in [0.4, 0.5) is 0 Å². The monoisotopic (exact) mass is 495 g/mol. The van der Waals surface area contributed by atoms with Crippen molar-refractivity contribution in [2.75, 3.05) is 0 Å². The van der Waals surface area contributed by atoms with Crippen molar-refractivity contribution in [3.05, 3.63) is 68.9 Å². The molecule has 3 aromatic rings. The molecule has 4 rings (SSSR count). The molecule has 0 radical (unpaired) electrons. The zero-order valence-electron chi connectivity index (χ0n) is 16.0. The second-order valence-corrected chi connectivity index (χ2v) is 9.43. The van der Waals surface area contributed by atoms with Gasteiger partial charge in [0.1, 0.15) is 23.8 Å². The molecule has 1 heterocycles. The summed E-state index contributed by atoms with van der Waals surface area (Å²) in [5.74, 6) is 1.53. The third kappa shape index (κ3) is 3.93. The number of aromatic nitrogens is 1. The predicted molar refractivity (Wildman–Crippen MR) is 118 cm³/mol. The molecule has 1 aliphatic rings. The van der Waals surface area contributed by atoms with Crippen LogP contribution < -0.4 is 4.74 Å². The zero-order valence-corrected chi connectivity index (χ0v) is 19.1. The number of rotatable bonds is 5. The number of halogens is 3. The Balaban J connectivity index is 1.67. The van der Waals surface area contributed by atoms with Gasteiger partial charge in [0.15, 0.2) is 0 Å². The molecule has 0 bridgehead atoms. The maximum atomic E-state index is 10.3. The summed E-state index contributed by atoms with van der Waals surface area (Å²) in [5.41, 5.74) is 4.06. The van der Waals surface area contributed by atoms with Crippen LogP contribution in [0.5, 0.6) is 5.75 Å². The Morgan fingerprint density at radius 1 is 1.24 bits per heavy atom. The lowest BCUT2D eigenvalue weighted by Crippen LogP contribution is -2.04. The molecule has 152 valence electrons. The highest BCUT2D eigenvalue weighted by atomic mass is 79.9. The maximum Gasteiger partial charge on any atom is 0.146 e. The van der Waals surface area contributed by atoms with Crippen LogP contribution in [0.1, 0.15) is 48.3 Å². The fraction of sp³-hybridized carbons (Fsp3) is 0.318. The Labute approximate surface area is 187 Å². The molecule has 29 heavy (non-hydrogen) atoms. The summed E-state index contributed by atoms with van der Waals surface area (Å²) < 4.78 is 11.7. The van der Waals surface area contributed by atoms with Gasteiger partial charge in [-0.25, -0.2) is 0 Å². The molecular weight excluding hydrogens is 477 g/mol. The molecule has 1 aliphatic carbocycles. The summed E-state index contributed by atoms with van der Waals surface area (Å²) >= 11 is 16.3. The Kier molecular flexibility index (Phi) is 5.94. The molecular formula is C22H20BrCl2NO3. The van der Waals surface area contributed by atoms with Gasteiger partial charge in [-0.2, -0.15) is 0 Å². The van der Waals surface area contributed by atoms with Crippen LogP contribution in [0.3, 0.4) is 0 Å². The van der Waals surface area contributed by atoms with Gasteiger partial charge in [-0.15, -0.1) is 0 Å². The van der Waals surface area contributed by atoms with Gasteiger partial charge in [0, 0.05) is 16.3 Å². The van der Waals surface area contributed by atoms with E-state index in [-0.39, 0.29) is 17.4 Å². The third-order valence-electron chi connectivity index (χ3n) is 5.12. The molecule has 2 aromatic carbocycles. The highest BCUT2D eigenvalue weighted by Gasteiger charge is 2.29. The van der Waals surface area contributed by atoms with E-state index in [1.54, 1.807) is 18.2 Å². The largest absolute Gasteiger partial charge is 0.489 e. The molecule has 0 aliphatic heterocycles. The predicted octanol–water partition coefficient (Wildman–Crippen LogP) is 6.70. The van der Waals surface area contributed by atoms with E-state index in [0.717, 1.165) is 28.9 Å². The summed E-state index contributed by atoms with van der Waals surface area (Å²) in [6.07, 6.45) is 0.266.